The van der Waals surface area contributed by atoms with Gasteiger partial charge in [-0.25, -0.2) is 8.42 Å². The zero-order valence-corrected chi connectivity index (χ0v) is 16.9. The van der Waals surface area contributed by atoms with Gasteiger partial charge in [-0.2, -0.15) is 4.31 Å². The van der Waals surface area contributed by atoms with Gasteiger partial charge in [-0.3, -0.25) is 4.79 Å². The van der Waals surface area contributed by atoms with E-state index in [0.29, 0.717) is 5.75 Å². The molecule has 2 rings (SSSR count). The lowest BCUT2D eigenvalue weighted by molar-refractivity contribution is -0.122. The van der Waals surface area contributed by atoms with E-state index in [9.17, 15) is 13.2 Å². The normalized spacial score (nSPS) is 12.6. The molecule has 0 saturated carbocycles. The molecule has 0 heterocycles. The second kappa shape index (κ2) is 9.01. The lowest BCUT2D eigenvalue weighted by atomic mass is 10.1. The van der Waals surface area contributed by atoms with E-state index in [-0.39, 0.29) is 25.0 Å². The standard InChI is InChI=1S/C20H26N2O4S/c1-15-9-11-17(12-10-15)13-22(27(4,24)25)14-20(23)21-16(2)18-7-5-6-8-19(18)26-3/h5-12,16H,13-14H2,1-4H3,(H,21,23)/t16-/m1/s1. The molecule has 7 heteroatoms. The van der Waals surface area contributed by atoms with Gasteiger partial charge in [-0.05, 0) is 25.5 Å². The lowest BCUT2D eigenvalue weighted by Gasteiger charge is -2.22. The van der Waals surface area contributed by atoms with Gasteiger partial charge in [0, 0.05) is 12.1 Å². The van der Waals surface area contributed by atoms with Gasteiger partial charge in [0.1, 0.15) is 5.75 Å². The van der Waals surface area contributed by atoms with Gasteiger partial charge in [-0.1, -0.05) is 48.0 Å². The molecule has 0 aliphatic carbocycles. The highest BCUT2D eigenvalue weighted by atomic mass is 32.2. The molecule has 27 heavy (non-hydrogen) atoms. The molecule has 0 aliphatic heterocycles. The van der Waals surface area contributed by atoms with Crippen molar-refractivity contribution in [2.24, 2.45) is 0 Å². The Labute approximate surface area is 161 Å². The smallest absolute Gasteiger partial charge is 0.235 e. The van der Waals surface area contributed by atoms with Crippen LogP contribution in [0.15, 0.2) is 48.5 Å². The molecule has 0 unspecified atom stereocenters. The maximum absolute atomic E-state index is 12.5. The summed E-state index contributed by atoms with van der Waals surface area (Å²) in [4.78, 5) is 12.5. The second-order valence-corrected chi connectivity index (χ2v) is 8.53. The monoisotopic (exact) mass is 390 g/mol. The second-order valence-electron chi connectivity index (χ2n) is 6.55. The summed E-state index contributed by atoms with van der Waals surface area (Å²) in [5.41, 5.74) is 2.75. The predicted octanol–water partition coefficient (Wildman–Crippen LogP) is 2.64. The van der Waals surface area contributed by atoms with Crippen molar-refractivity contribution in [3.05, 3.63) is 65.2 Å². The minimum atomic E-state index is -3.53. The van der Waals surface area contributed by atoms with Gasteiger partial charge < -0.3 is 10.1 Å². The van der Waals surface area contributed by atoms with Crippen LogP contribution in [-0.4, -0.2) is 38.5 Å². The topological polar surface area (TPSA) is 75.7 Å². The van der Waals surface area contributed by atoms with Crippen LogP contribution in [-0.2, 0) is 21.4 Å². The Kier molecular flexibility index (Phi) is 6.98. The molecule has 1 atom stereocenters. The van der Waals surface area contributed by atoms with Crippen molar-refractivity contribution < 1.29 is 17.9 Å². The summed E-state index contributed by atoms with van der Waals surface area (Å²) >= 11 is 0. The summed E-state index contributed by atoms with van der Waals surface area (Å²) in [6.07, 6.45) is 1.11. The average molecular weight is 391 g/mol. The molecule has 2 aromatic rings. The largest absolute Gasteiger partial charge is 0.496 e. The fourth-order valence-corrected chi connectivity index (χ4v) is 3.47. The van der Waals surface area contributed by atoms with Crippen molar-refractivity contribution in [3.8, 4) is 5.75 Å². The van der Waals surface area contributed by atoms with E-state index in [0.717, 1.165) is 22.9 Å². The van der Waals surface area contributed by atoms with Crippen molar-refractivity contribution in [1.29, 1.82) is 0 Å². The van der Waals surface area contributed by atoms with Gasteiger partial charge in [0.25, 0.3) is 0 Å². The molecule has 1 amide bonds. The van der Waals surface area contributed by atoms with Crippen LogP contribution in [0.25, 0.3) is 0 Å². The van der Waals surface area contributed by atoms with E-state index in [1.807, 2.05) is 62.4 Å². The Bertz CT molecular complexity index is 879. The molecular weight excluding hydrogens is 364 g/mol. The van der Waals surface area contributed by atoms with Gasteiger partial charge >= 0.3 is 0 Å². The zero-order valence-electron chi connectivity index (χ0n) is 16.1. The van der Waals surface area contributed by atoms with E-state index in [1.165, 1.54) is 4.31 Å². The third kappa shape index (κ3) is 6.08. The van der Waals surface area contributed by atoms with E-state index in [2.05, 4.69) is 5.32 Å². The first-order valence-corrected chi connectivity index (χ1v) is 10.5. The number of sulfonamides is 1. The van der Waals surface area contributed by atoms with Crippen LogP contribution in [0.4, 0.5) is 0 Å². The summed E-state index contributed by atoms with van der Waals surface area (Å²) in [5, 5.41) is 2.84. The van der Waals surface area contributed by atoms with E-state index in [1.54, 1.807) is 7.11 Å². The maximum atomic E-state index is 12.5. The Morgan fingerprint density at radius 3 is 2.37 bits per heavy atom. The SMILES string of the molecule is COc1ccccc1[C@@H](C)NC(=O)CN(Cc1ccc(C)cc1)S(C)(=O)=O. The third-order valence-corrected chi connectivity index (χ3v) is 5.45. The van der Waals surface area contributed by atoms with Gasteiger partial charge in [0.15, 0.2) is 0 Å². The Morgan fingerprint density at radius 2 is 1.78 bits per heavy atom. The van der Waals surface area contributed by atoms with Gasteiger partial charge in [0.2, 0.25) is 15.9 Å². The number of carbonyl (C=O) groups is 1. The molecule has 0 fully saturated rings. The molecule has 146 valence electrons. The lowest BCUT2D eigenvalue weighted by Crippen LogP contribution is -2.40. The van der Waals surface area contributed by atoms with Crippen LogP contribution < -0.4 is 10.1 Å². The highest BCUT2D eigenvalue weighted by Crippen LogP contribution is 2.24. The van der Waals surface area contributed by atoms with Crippen LogP contribution in [0, 0.1) is 6.92 Å². The quantitative estimate of drug-likeness (QED) is 0.752. The molecule has 0 radical (unpaired) electrons. The summed E-state index contributed by atoms with van der Waals surface area (Å²) in [5.74, 6) is 0.302. The number of ether oxygens (including phenoxy) is 1. The first kappa shape index (κ1) is 20.9. The van der Waals surface area contributed by atoms with Crippen LogP contribution in [0.3, 0.4) is 0 Å². The number of carbonyl (C=O) groups excluding carboxylic acids is 1. The minimum absolute atomic E-state index is 0.148. The molecule has 1 N–H and O–H groups in total. The molecule has 0 aliphatic rings. The summed E-state index contributed by atoms with van der Waals surface area (Å²) in [6.45, 7) is 3.70. The number of nitrogens with zero attached hydrogens (tertiary/aromatic N) is 1. The fourth-order valence-electron chi connectivity index (χ4n) is 2.74. The van der Waals surface area contributed by atoms with Crippen LogP contribution in [0.5, 0.6) is 5.75 Å². The van der Waals surface area contributed by atoms with Gasteiger partial charge in [-0.15, -0.1) is 0 Å². The predicted molar refractivity (Wildman–Crippen MR) is 106 cm³/mol. The zero-order chi connectivity index (χ0) is 20.0. The van der Waals surface area contributed by atoms with Crippen molar-refractivity contribution in [1.82, 2.24) is 9.62 Å². The van der Waals surface area contributed by atoms with Gasteiger partial charge in [0.05, 0.1) is 26.0 Å². The third-order valence-electron chi connectivity index (χ3n) is 4.25. The summed E-state index contributed by atoms with van der Waals surface area (Å²) < 4.78 is 30.7. The minimum Gasteiger partial charge on any atom is -0.496 e. The maximum Gasteiger partial charge on any atom is 0.235 e. The molecular formula is C20H26N2O4S. The number of methoxy groups -OCH3 is 1. The van der Waals surface area contributed by atoms with Crippen molar-refractivity contribution in [3.63, 3.8) is 0 Å². The molecule has 0 saturated heterocycles. The van der Waals surface area contributed by atoms with Crippen LogP contribution in [0.1, 0.15) is 29.7 Å². The summed E-state index contributed by atoms with van der Waals surface area (Å²) in [6, 6.07) is 14.6. The Hall–Kier alpha value is -2.38. The number of amides is 1. The van der Waals surface area contributed by atoms with Crippen molar-refractivity contribution in [2.75, 3.05) is 19.9 Å². The van der Waals surface area contributed by atoms with Crippen LogP contribution >= 0.6 is 0 Å². The molecule has 2 aromatic carbocycles. The first-order valence-electron chi connectivity index (χ1n) is 8.63. The number of rotatable bonds is 8. The number of hydrogen-bond acceptors (Lipinski definition) is 4. The fraction of sp³-hybridized carbons (Fsp3) is 0.350. The summed E-state index contributed by atoms with van der Waals surface area (Å²) in [7, 11) is -1.96. The highest BCUT2D eigenvalue weighted by Gasteiger charge is 2.22. The molecule has 6 nitrogen and oxygen atoms in total. The number of nitrogens with one attached hydrogen (secondary N) is 1. The van der Waals surface area contributed by atoms with Crippen molar-refractivity contribution >= 4 is 15.9 Å². The molecule has 0 spiro atoms. The average Bonchev–Trinajstić information content (AvgIpc) is 2.62. The number of para-hydroxylation sites is 1. The van der Waals surface area contributed by atoms with E-state index < -0.39 is 10.0 Å². The Balaban J connectivity index is 2.08. The van der Waals surface area contributed by atoms with E-state index >= 15 is 0 Å². The van der Waals surface area contributed by atoms with E-state index in [4.69, 9.17) is 4.74 Å². The molecule has 0 bridgehead atoms. The highest BCUT2D eigenvalue weighted by molar-refractivity contribution is 7.88. The molecule has 0 aromatic heterocycles. The van der Waals surface area contributed by atoms with Crippen molar-refractivity contribution in [2.45, 2.75) is 26.4 Å². The number of benzene rings is 2. The Morgan fingerprint density at radius 1 is 1.15 bits per heavy atom. The number of hydrogen-bond donors (Lipinski definition) is 1. The van der Waals surface area contributed by atoms with Crippen LogP contribution in [0.2, 0.25) is 0 Å². The first-order chi connectivity index (χ1) is 12.7. The number of aryl methyl sites for hydroxylation is 1.